The molecule has 8 nitrogen and oxygen atoms in total. The molecule has 1 amide bonds. The molecule has 112 valence electrons. The average Bonchev–Trinajstić information content (AvgIpc) is 2.46. The minimum Gasteiger partial charge on any atom is -0.481 e. The smallest absolute Gasteiger partial charge is 0.311 e. The number of carbonyl (C=O) groups is 2. The molecule has 1 aromatic rings. The van der Waals surface area contributed by atoms with E-state index in [4.69, 9.17) is 0 Å². The van der Waals surface area contributed by atoms with E-state index in [0.29, 0.717) is 5.95 Å². The Balaban J connectivity index is 2.04. The van der Waals surface area contributed by atoms with Crippen LogP contribution in [0.1, 0.15) is 37.2 Å². The summed E-state index contributed by atoms with van der Waals surface area (Å²) in [7, 11) is 0. The largest absolute Gasteiger partial charge is 0.481 e. The number of rotatable bonds is 2. The minimum absolute atomic E-state index is 0.0304. The lowest BCUT2D eigenvalue weighted by atomic mass is 9.94. The van der Waals surface area contributed by atoms with Crippen molar-refractivity contribution in [2.75, 3.05) is 23.3 Å². The van der Waals surface area contributed by atoms with Crippen molar-refractivity contribution in [2.24, 2.45) is 0 Å². The first kappa shape index (κ1) is 13.6. The summed E-state index contributed by atoms with van der Waals surface area (Å²) in [5.74, 6) is -2.30. The number of nitrogens with zero attached hydrogens (tertiary/aromatic N) is 2. The lowest BCUT2D eigenvalue weighted by molar-refractivity contribution is -0.140. The second-order valence-corrected chi connectivity index (χ2v) is 5.34. The Bertz CT molecular complexity index is 648. The van der Waals surface area contributed by atoms with E-state index in [1.165, 1.54) is 0 Å². The molecule has 3 heterocycles. The maximum absolute atomic E-state index is 12.2. The molecule has 8 heteroatoms. The third-order valence-corrected chi connectivity index (χ3v) is 3.89. The summed E-state index contributed by atoms with van der Waals surface area (Å²) in [6.45, 7) is 1.58. The number of aromatic amines is 1. The van der Waals surface area contributed by atoms with Gasteiger partial charge >= 0.3 is 5.97 Å². The van der Waals surface area contributed by atoms with Crippen molar-refractivity contribution in [3.05, 3.63) is 15.9 Å². The number of piperidine rings is 1. The van der Waals surface area contributed by atoms with Crippen LogP contribution in [-0.4, -0.2) is 40.0 Å². The zero-order chi connectivity index (χ0) is 15.0. The maximum Gasteiger partial charge on any atom is 0.311 e. The molecule has 3 N–H and O–H groups in total. The highest BCUT2D eigenvalue weighted by Crippen LogP contribution is 2.29. The number of amides is 1. The molecule has 0 spiro atoms. The van der Waals surface area contributed by atoms with Gasteiger partial charge in [-0.1, -0.05) is 0 Å². The Morgan fingerprint density at radius 2 is 1.95 bits per heavy atom. The highest BCUT2D eigenvalue weighted by Gasteiger charge is 2.35. The van der Waals surface area contributed by atoms with E-state index in [9.17, 15) is 19.5 Å². The monoisotopic (exact) mass is 292 g/mol. The van der Waals surface area contributed by atoms with Crippen LogP contribution < -0.4 is 15.8 Å². The number of carboxylic acids is 1. The van der Waals surface area contributed by atoms with Crippen molar-refractivity contribution in [3.8, 4) is 0 Å². The zero-order valence-corrected chi connectivity index (χ0v) is 11.4. The van der Waals surface area contributed by atoms with Crippen LogP contribution in [0, 0.1) is 0 Å². The van der Waals surface area contributed by atoms with Crippen molar-refractivity contribution in [3.63, 3.8) is 0 Å². The zero-order valence-electron chi connectivity index (χ0n) is 11.4. The number of fused-ring (bicyclic) bond motifs is 1. The quantitative estimate of drug-likeness (QED) is 0.720. The van der Waals surface area contributed by atoms with Gasteiger partial charge in [0.05, 0.1) is 11.5 Å². The number of anilines is 2. The van der Waals surface area contributed by atoms with E-state index >= 15 is 0 Å². The summed E-state index contributed by atoms with van der Waals surface area (Å²) in [5, 5.41) is 11.7. The predicted octanol–water partition coefficient (Wildman–Crippen LogP) is 0.271. The molecule has 0 bridgehead atoms. The first-order valence-electron chi connectivity index (χ1n) is 6.98. The topological polar surface area (TPSA) is 115 Å². The molecule has 1 aromatic heterocycles. The fourth-order valence-corrected chi connectivity index (χ4v) is 2.83. The van der Waals surface area contributed by atoms with Gasteiger partial charge in [0.1, 0.15) is 5.82 Å². The molecule has 1 saturated heterocycles. The molecule has 3 rings (SSSR count). The number of hydrogen-bond acceptors (Lipinski definition) is 5. The van der Waals surface area contributed by atoms with Gasteiger partial charge in [-0.15, -0.1) is 0 Å². The van der Waals surface area contributed by atoms with Crippen LogP contribution in [0.5, 0.6) is 0 Å². The normalized spacial score (nSPS) is 21.6. The molecule has 0 radical (unpaired) electrons. The van der Waals surface area contributed by atoms with Gasteiger partial charge in [-0.2, -0.15) is 4.98 Å². The Labute approximate surface area is 120 Å². The number of carboxylic acid groups (broad SMARTS) is 1. The van der Waals surface area contributed by atoms with Gasteiger partial charge in [0, 0.05) is 19.5 Å². The summed E-state index contributed by atoms with van der Waals surface area (Å²) in [4.78, 5) is 43.9. The summed E-state index contributed by atoms with van der Waals surface area (Å²) < 4.78 is 0. The van der Waals surface area contributed by atoms with Crippen molar-refractivity contribution >= 4 is 23.6 Å². The summed E-state index contributed by atoms with van der Waals surface area (Å²) in [6.07, 6.45) is 2.94. The van der Waals surface area contributed by atoms with Crippen molar-refractivity contribution < 1.29 is 14.7 Å². The molecule has 21 heavy (non-hydrogen) atoms. The maximum atomic E-state index is 12.2. The number of aromatic nitrogens is 2. The van der Waals surface area contributed by atoms with Crippen LogP contribution >= 0.6 is 0 Å². The summed E-state index contributed by atoms with van der Waals surface area (Å²) in [6, 6.07) is 0. The number of hydrogen-bond donors (Lipinski definition) is 3. The Hall–Kier alpha value is -2.38. The molecule has 0 saturated carbocycles. The molecular formula is C13H16N4O4. The molecule has 2 aliphatic rings. The van der Waals surface area contributed by atoms with Crippen LogP contribution in [0.3, 0.4) is 0 Å². The minimum atomic E-state index is -1.19. The fourth-order valence-electron chi connectivity index (χ4n) is 2.83. The van der Waals surface area contributed by atoms with E-state index in [1.54, 1.807) is 0 Å². The van der Waals surface area contributed by atoms with Crippen LogP contribution in [0.2, 0.25) is 0 Å². The molecule has 2 aliphatic heterocycles. The second kappa shape index (κ2) is 5.19. The highest BCUT2D eigenvalue weighted by atomic mass is 16.4. The van der Waals surface area contributed by atoms with Crippen molar-refractivity contribution in [2.45, 2.75) is 31.6 Å². The van der Waals surface area contributed by atoms with E-state index < -0.39 is 23.4 Å². The van der Waals surface area contributed by atoms with Crippen molar-refractivity contribution in [1.29, 1.82) is 0 Å². The van der Waals surface area contributed by atoms with Crippen LogP contribution in [0.15, 0.2) is 4.79 Å². The van der Waals surface area contributed by atoms with Gasteiger partial charge in [0.25, 0.3) is 5.56 Å². The van der Waals surface area contributed by atoms with E-state index in [1.807, 2.05) is 4.90 Å². The van der Waals surface area contributed by atoms with Gasteiger partial charge < -0.3 is 15.3 Å². The SMILES string of the molecule is O=C1C[C@H](C(=O)O)c2c(nc(N3CCCCC3)[nH]c2=O)N1. The van der Waals surface area contributed by atoms with E-state index in [-0.39, 0.29) is 17.8 Å². The Morgan fingerprint density at radius 1 is 1.24 bits per heavy atom. The molecule has 0 unspecified atom stereocenters. The second-order valence-electron chi connectivity index (χ2n) is 5.34. The molecule has 0 aromatic carbocycles. The number of carbonyl (C=O) groups excluding carboxylic acids is 1. The van der Waals surface area contributed by atoms with Gasteiger partial charge in [-0.25, -0.2) is 0 Å². The van der Waals surface area contributed by atoms with Gasteiger partial charge in [-0.3, -0.25) is 19.4 Å². The first-order chi connectivity index (χ1) is 10.1. The Morgan fingerprint density at radius 3 is 2.62 bits per heavy atom. The van der Waals surface area contributed by atoms with E-state index in [2.05, 4.69) is 15.3 Å². The summed E-state index contributed by atoms with van der Waals surface area (Å²) >= 11 is 0. The number of H-pyrrole nitrogens is 1. The van der Waals surface area contributed by atoms with E-state index in [0.717, 1.165) is 32.4 Å². The van der Waals surface area contributed by atoms with Crippen LogP contribution in [0.25, 0.3) is 0 Å². The molecule has 1 fully saturated rings. The average molecular weight is 292 g/mol. The molecular weight excluding hydrogens is 276 g/mol. The molecule has 0 aliphatic carbocycles. The highest BCUT2D eigenvalue weighted by molar-refractivity contribution is 5.98. The Kier molecular flexibility index (Phi) is 3.36. The third-order valence-electron chi connectivity index (χ3n) is 3.89. The van der Waals surface area contributed by atoms with Crippen LogP contribution in [0.4, 0.5) is 11.8 Å². The lowest BCUT2D eigenvalue weighted by Gasteiger charge is -2.28. The third kappa shape index (κ3) is 2.48. The number of aliphatic carboxylic acids is 1. The van der Waals surface area contributed by atoms with Gasteiger partial charge in [0.2, 0.25) is 11.9 Å². The van der Waals surface area contributed by atoms with Gasteiger partial charge in [0.15, 0.2) is 0 Å². The lowest BCUT2D eigenvalue weighted by Crippen LogP contribution is -2.37. The van der Waals surface area contributed by atoms with Crippen molar-refractivity contribution in [1.82, 2.24) is 9.97 Å². The first-order valence-corrected chi connectivity index (χ1v) is 6.98. The molecule has 1 atom stereocenters. The fraction of sp³-hybridized carbons (Fsp3) is 0.538. The standard InChI is InChI=1S/C13H16N4O4/c18-8-6-7(12(20)21)9-10(14-8)15-13(16-11(9)19)17-4-2-1-3-5-17/h7H,1-6H2,(H,20,21)(H2,14,15,16,18,19)/t7-/m0/s1. The van der Waals surface area contributed by atoms with Gasteiger partial charge in [-0.05, 0) is 19.3 Å². The summed E-state index contributed by atoms with van der Waals surface area (Å²) in [5.41, 5.74) is -0.462. The predicted molar refractivity (Wildman–Crippen MR) is 74.5 cm³/mol. The number of nitrogens with one attached hydrogen (secondary N) is 2. The van der Waals surface area contributed by atoms with Crippen LogP contribution in [-0.2, 0) is 9.59 Å².